The monoisotopic (exact) mass is 255 g/mol. The number of rotatable bonds is 3. The van der Waals surface area contributed by atoms with Crippen molar-refractivity contribution in [3.8, 4) is 0 Å². The summed E-state index contributed by atoms with van der Waals surface area (Å²) in [5, 5.41) is 17.0. The molecule has 1 aliphatic rings. The Morgan fingerprint density at radius 3 is 2.28 bits per heavy atom. The predicted molar refractivity (Wildman–Crippen MR) is 71.3 cm³/mol. The lowest BCUT2D eigenvalue weighted by Gasteiger charge is -2.56. The smallest absolute Gasteiger partial charge is 0.217 e. The van der Waals surface area contributed by atoms with E-state index < -0.39 is 5.54 Å². The third-order valence-electron chi connectivity index (χ3n) is 5.06. The van der Waals surface area contributed by atoms with Crippen LogP contribution in [0, 0.1) is 5.92 Å². The summed E-state index contributed by atoms with van der Waals surface area (Å²) in [6.07, 6.45) is 2.32. The Balaban J connectivity index is 3.09. The molecule has 1 saturated heterocycles. The topological polar surface area (TPSA) is 52.2 Å². The SMILES string of the molecule is CCC1(C)CC(NC(C)=O)C(C)C(C)(CC)N1[O]. The highest BCUT2D eigenvalue weighted by Gasteiger charge is 2.53. The second kappa shape index (κ2) is 5.17. The number of piperidine rings is 1. The van der Waals surface area contributed by atoms with Gasteiger partial charge in [-0.2, -0.15) is 0 Å². The molecule has 1 N–H and O–H groups in total. The van der Waals surface area contributed by atoms with Crippen molar-refractivity contribution in [2.45, 2.75) is 77.9 Å². The first-order chi connectivity index (χ1) is 8.21. The Kier molecular flexibility index (Phi) is 4.44. The minimum Gasteiger partial charge on any atom is -0.353 e. The van der Waals surface area contributed by atoms with Crippen molar-refractivity contribution in [1.29, 1.82) is 0 Å². The molecule has 1 amide bonds. The van der Waals surface area contributed by atoms with E-state index in [9.17, 15) is 10.0 Å². The minimum absolute atomic E-state index is 0.0110. The summed E-state index contributed by atoms with van der Waals surface area (Å²) < 4.78 is 0. The standard InChI is InChI=1S/C14H27N2O2/c1-7-13(5)9-12(15-11(4)17)10(3)14(6,8-2)16(13)18/h10,12H,7-9H2,1-6H3,(H,15,17). The first kappa shape index (κ1) is 15.4. The highest BCUT2D eigenvalue weighted by Crippen LogP contribution is 2.44. The minimum atomic E-state index is -0.407. The quantitative estimate of drug-likeness (QED) is 0.842. The lowest BCUT2D eigenvalue weighted by molar-refractivity contribution is -0.313. The van der Waals surface area contributed by atoms with E-state index in [0.717, 1.165) is 19.3 Å². The first-order valence-corrected chi connectivity index (χ1v) is 6.96. The zero-order chi connectivity index (χ0) is 14.1. The number of carbonyl (C=O) groups excluding carboxylic acids is 1. The molecule has 4 heteroatoms. The third-order valence-corrected chi connectivity index (χ3v) is 5.06. The highest BCUT2D eigenvalue weighted by molar-refractivity contribution is 5.73. The predicted octanol–water partition coefficient (Wildman–Crippen LogP) is 2.52. The van der Waals surface area contributed by atoms with Crippen molar-refractivity contribution in [2.75, 3.05) is 0 Å². The molecule has 0 spiro atoms. The van der Waals surface area contributed by atoms with Gasteiger partial charge in [-0.3, -0.25) is 4.79 Å². The molecule has 18 heavy (non-hydrogen) atoms. The molecule has 1 rings (SSSR count). The molecule has 4 unspecified atom stereocenters. The molecule has 4 atom stereocenters. The molecule has 0 aliphatic carbocycles. The number of nitrogens with zero attached hydrogens (tertiary/aromatic N) is 1. The molecule has 105 valence electrons. The van der Waals surface area contributed by atoms with Crippen LogP contribution in [0.25, 0.3) is 0 Å². The van der Waals surface area contributed by atoms with Crippen LogP contribution in [0.4, 0.5) is 0 Å². The number of hydrogen-bond donors (Lipinski definition) is 1. The van der Waals surface area contributed by atoms with Gasteiger partial charge in [0.2, 0.25) is 5.91 Å². The molecule has 1 radical (unpaired) electrons. The van der Waals surface area contributed by atoms with Crippen molar-refractivity contribution in [2.24, 2.45) is 5.92 Å². The van der Waals surface area contributed by atoms with Crippen molar-refractivity contribution >= 4 is 5.91 Å². The van der Waals surface area contributed by atoms with Crippen LogP contribution in [0.3, 0.4) is 0 Å². The Morgan fingerprint density at radius 2 is 1.89 bits per heavy atom. The first-order valence-electron chi connectivity index (χ1n) is 6.96. The van der Waals surface area contributed by atoms with Crippen molar-refractivity contribution in [1.82, 2.24) is 10.4 Å². The van der Waals surface area contributed by atoms with E-state index in [1.54, 1.807) is 6.92 Å². The van der Waals surface area contributed by atoms with E-state index in [1.165, 1.54) is 5.06 Å². The van der Waals surface area contributed by atoms with Crippen LogP contribution in [0.5, 0.6) is 0 Å². The van der Waals surface area contributed by atoms with Gasteiger partial charge in [0.15, 0.2) is 0 Å². The maximum absolute atomic E-state index is 12.7. The van der Waals surface area contributed by atoms with Crippen LogP contribution in [0.15, 0.2) is 0 Å². The number of amides is 1. The lowest BCUT2D eigenvalue weighted by atomic mass is 9.68. The molecular weight excluding hydrogens is 228 g/mol. The van der Waals surface area contributed by atoms with Gasteiger partial charge < -0.3 is 5.32 Å². The van der Waals surface area contributed by atoms with Crippen LogP contribution in [0.2, 0.25) is 0 Å². The lowest BCUT2D eigenvalue weighted by Crippen LogP contribution is -2.68. The van der Waals surface area contributed by atoms with Crippen LogP contribution < -0.4 is 5.32 Å². The van der Waals surface area contributed by atoms with Crippen LogP contribution in [-0.2, 0) is 10.0 Å². The molecule has 4 nitrogen and oxygen atoms in total. The molecule has 0 bridgehead atoms. The summed E-state index contributed by atoms with van der Waals surface area (Å²) in [6.45, 7) is 11.7. The number of nitrogens with one attached hydrogen (secondary N) is 1. The average molecular weight is 255 g/mol. The molecule has 0 aromatic rings. The van der Waals surface area contributed by atoms with Gasteiger partial charge in [-0.1, -0.05) is 20.8 Å². The van der Waals surface area contributed by atoms with E-state index in [0.29, 0.717) is 0 Å². The summed E-state index contributed by atoms with van der Waals surface area (Å²) in [5.41, 5.74) is -0.791. The van der Waals surface area contributed by atoms with Gasteiger partial charge in [-0.05, 0) is 39.0 Å². The summed E-state index contributed by atoms with van der Waals surface area (Å²) >= 11 is 0. The van der Waals surface area contributed by atoms with E-state index in [1.807, 2.05) is 27.7 Å². The molecular formula is C14H27N2O2. The Bertz CT molecular complexity index is 321. The van der Waals surface area contributed by atoms with Gasteiger partial charge in [-0.15, -0.1) is 10.3 Å². The molecule has 1 aliphatic heterocycles. The van der Waals surface area contributed by atoms with Crippen LogP contribution in [0.1, 0.15) is 60.8 Å². The normalized spacial score (nSPS) is 41.7. The number of hydroxylamine groups is 2. The summed E-state index contributed by atoms with van der Waals surface area (Å²) in [5.74, 6) is 0.145. The number of hydrogen-bond acceptors (Lipinski definition) is 2. The largest absolute Gasteiger partial charge is 0.353 e. The van der Waals surface area contributed by atoms with Crippen LogP contribution >= 0.6 is 0 Å². The highest BCUT2D eigenvalue weighted by atomic mass is 16.5. The van der Waals surface area contributed by atoms with Gasteiger partial charge in [-0.25, -0.2) is 0 Å². The van der Waals surface area contributed by atoms with Crippen molar-refractivity contribution < 1.29 is 10.0 Å². The maximum Gasteiger partial charge on any atom is 0.217 e. The zero-order valence-corrected chi connectivity index (χ0v) is 12.5. The molecule has 0 saturated carbocycles. The Hall–Kier alpha value is -0.610. The molecule has 1 heterocycles. The summed E-state index contributed by atoms with van der Waals surface area (Å²) in [7, 11) is 0. The van der Waals surface area contributed by atoms with Gasteiger partial charge >= 0.3 is 0 Å². The van der Waals surface area contributed by atoms with E-state index >= 15 is 0 Å². The molecule has 0 aromatic heterocycles. The maximum atomic E-state index is 12.7. The Labute approximate surface area is 111 Å². The van der Waals surface area contributed by atoms with E-state index in [4.69, 9.17) is 0 Å². The number of carbonyl (C=O) groups is 1. The van der Waals surface area contributed by atoms with Gasteiger partial charge in [0.1, 0.15) is 0 Å². The molecule has 0 aromatic carbocycles. The van der Waals surface area contributed by atoms with Gasteiger partial charge in [0.05, 0.1) is 5.54 Å². The van der Waals surface area contributed by atoms with Crippen molar-refractivity contribution in [3.63, 3.8) is 0 Å². The zero-order valence-electron chi connectivity index (χ0n) is 12.5. The Morgan fingerprint density at radius 1 is 1.33 bits per heavy atom. The average Bonchev–Trinajstić information content (AvgIpc) is 2.33. The van der Waals surface area contributed by atoms with Crippen LogP contribution in [-0.4, -0.2) is 28.1 Å². The molecule has 1 fully saturated rings. The summed E-state index contributed by atoms with van der Waals surface area (Å²) in [6, 6.07) is 0.0857. The van der Waals surface area contributed by atoms with E-state index in [-0.39, 0.29) is 23.4 Å². The second-order valence-electron chi connectivity index (χ2n) is 6.16. The van der Waals surface area contributed by atoms with Gasteiger partial charge in [0, 0.05) is 18.5 Å². The summed E-state index contributed by atoms with van der Waals surface area (Å²) in [4.78, 5) is 11.3. The second-order valence-corrected chi connectivity index (χ2v) is 6.16. The van der Waals surface area contributed by atoms with Gasteiger partial charge in [0.25, 0.3) is 0 Å². The fourth-order valence-corrected chi connectivity index (χ4v) is 3.16. The van der Waals surface area contributed by atoms with E-state index in [2.05, 4.69) is 12.2 Å². The fourth-order valence-electron chi connectivity index (χ4n) is 3.16. The third kappa shape index (κ3) is 2.41. The fraction of sp³-hybridized carbons (Fsp3) is 0.929. The van der Waals surface area contributed by atoms with Crippen molar-refractivity contribution in [3.05, 3.63) is 0 Å².